The highest BCUT2D eigenvalue weighted by atomic mass is 32.2. The number of rotatable bonds is 14. The SMILES string of the molecule is CCCCN(CCSCC(CC(=O)OCC)C(=O)c1cccnc1)C(=O)NC1CCC(C)CC1. The lowest BCUT2D eigenvalue weighted by molar-refractivity contribution is -0.143. The molecule has 1 aromatic rings. The predicted molar refractivity (Wildman–Crippen MR) is 137 cm³/mol. The summed E-state index contributed by atoms with van der Waals surface area (Å²) in [5.74, 6) is 1.01. The van der Waals surface area contributed by atoms with E-state index in [0.717, 1.165) is 38.1 Å². The fourth-order valence-corrected chi connectivity index (χ4v) is 5.20. The van der Waals surface area contributed by atoms with Gasteiger partial charge in [-0.25, -0.2) is 4.79 Å². The van der Waals surface area contributed by atoms with Gasteiger partial charge in [-0.05, 0) is 57.1 Å². The Balaban J connectivity index is 1.89. The number of carbonyl (C=O) groups excluding carboxylic acids is 3. The molecule has 190 valence electrons. The molecule has 0 spiro atoms. The van der Waals surface area contributed by atoms with Crippen LogP contribution in [0.3, 0.4) is 0 Å². The van der Waals surface area contributed by atoms with Gasteiger partial charge in [-0.1, -0.05) is 20.3 Å². The molecule has 1 aromatic heterocycles. The Morgan fingerprint density at radius 1 is 1.21 bits per heavy atom. The topological polar surface area (TPSA) is 88.6 Å². The van der Waals surface area contributed by atoms with E-state index in [-0.39, 0.29) is 30.2 Å². The number of Topliss-reactive ketones (excluding diaryl/α,β-unsaturated/α-hetero) is 1. The Labute approximate surface area is 208 Å². The molecule has 1 N–H and O–H groups in total. The number of thioether (sulfide) groups is 1. The number of carbonyl (C=O) groups is 3. The zero-order valence-corrected chi connectivity index (χ0v) is 21.8. The number of hydrogen-bond acceptors (Lipinski definition) is 6. The highest BCUT2D eigenvalue weighted by Crippen LogP contribution is 2.24. The number of aromatic nitrogens is 1. The number of nitrogens with one attached hydrogen (secondary N) is 1. The van der Waals surface area contributed by atoms with Crippen LogP contribution in [0.5, 0.6) is 0 Å². The van der Waals surface area contributed by atoms with Crippen LogP contribution in [0.15, 0.2) is 24.5 Å². The summed E-state index contributed by atoms with van der Waals surface area (Å²) in [7, 11) is 0. The number of unbranched alkanes of at least 4 members (excludes halogenated alkanes) is 1. The van der Waals surface area contributed by atoms with Gasteiger partial charge in [-0.3, -0.25) is 14.6 Å². The summed E-state index contributed by atoms with van der Waals surface area (Å²) in [6.45, 7) is 7.80. The average molecular weight is 492 g/mol. The predicted octanol–water partition coefficient (Wildman–Crippen LogP) is 4.96. The minimum atomic E-state index is -0.476. The van der Waals surface area contributed by atoms with E-state index in [0.29, 0.717) is 30.2 Å². The summed E-state index contributed by atoms with van der Waals surface area (Å²) in [5.41, 5.74) is 0.503. The summed E-state index contributed by atoms with van der Waals surface area (Å²) in [5, 5.41) is 3.23. The van der Waals surface area contributed by atoms with Crippen LogP contribution in [0.1, 0.15) is 76.1 Å². The number of urea groups is 1. The van der Waals surface area contributed by atoms with Gasteiger partial charge in [0, 0.05) is 54.5 Å². The Bertz CT molecular complexity index is 754. The van der Waals surface area contributed by atoms with E-state index in [1.54, 1.807) is 37.0 Å². The molecule has 1 aliphatic carbocycles. The van der Waals surface area contributed by atoms with Gasteiger partial charge in [-0.15, -0.1) is 0 Å². The van der Waals surface area contributed by atoms with Crippen LogP contribution in [0, 0.1) is 11.8 Å². The second-order valence-corrected chi connectivity index (χ2v) is 10.3. The maximum absolute atomic E-state index is 13.0. The zero-order valence-electron chi connectivity index (χ0n) is 21.0. The van der Waals surface area contributed by atoms with Crippen molar-refractivity contribution in [2.24, 2.45) is 11.8 Å². The van der Waals surface area contributed by atoms with E-state index in [2.05, 4.69) is 24.1 Å². The number of ketones is 1. The highest BCUT2D eigenvalue weighted by molar-refractivity contribution is 7.99. The van der Waals surface area contributed by atoms with Gasteiger partial charge in [-0.2, -0.15) is 11.8 Å². The molecule has 2 amide bonds. The molecule has 34 heavy (non-hydrogen) atoms. The first-order valence-corrected chi connectivity index (χ1v) is 13.8. The largest absolute Gasteiger partial charge is 0.466 e. The summed E-state index contributed by atoms with van der Waals surface area (Å²) in [4.78, 5) is 43.9. The Hall–Kier alpha value is -2.09. The van der Waals surface area contributed by atoms with Gasteiger partial charge in [0.2, 0.25) is 0 Å². The van der Waals surface area contributed by atoms with Crippen molar-refractivity contribution in [1.29, 1.82) is 0 Å². The molecule has 1 heterocycles. The third kappa shape index (κ3) is 10.0. The van der Waals surface area contributed by atoms with Gasteiger partial charge in [0.1, 0.15) is 0 Å². The van der Waals surface area contributed by atoms with Gasteiger partial charge in [0.05, 0.1) is 13.0 Å². The number of nitrogens with zero attached hydrogens (tertiary/aromatic N) is 2. The van der Waals surface area contributed by atoms with Crippen molar-refractivity contribution < 1.29 is 19.1 Å². The molecule has 1 aliphatic rings. The lowest BCUT2D eigenvalue weighted by Crippen LogP contribution is -2.47. The van der Waals surface area contributed by atoms with Crippen LogP contribution >= 0.6 is 11.8 Å². The van der Waals surface area contributed by atoms with Crippen molar-refractivity contribution in [2.75, 3.05) is 31.2 Å². The van der Waals surface area contributed by atoms with Gasteiger partial charge >= 0.3 is 12.0 Å². The molecular formula is C26H41N3O4S. The smallest absolute Gasteiger partial charge is 0.317 e. The first-order chi connectivity index (χ1) is 16.4. The van der Waals surface area contributed by atoms with Crippen molar-refractivity contribution >= 4 is 29.5 Å². The molecule has 0 aromatic carbocycles. The highest BCUT2D eigenvalue weighted by Gasteiger charge is 2.25. The molecule has 1 fully saturated rings. The molecule has 1 unspecified atom stereocenters. The van der Waals surface area contributed by atoms with E-state index in [1.165, 1.54) is 19.0 Å². The number of esters is 1. The molecular weight excluding hydrogens is 450 g/mol. The number of ether oxygens (including phenoxy) is 1. The lowest BCUT2D eigenvalue weighted by atomic mass is 9.87. The van der Waals surface area contributed by atoms with Crippen LogP contribution in [0.2, 0.25) is 0 Å². The maximum Gasteiger partial charge on any atom is 0.317 e. The maximum atomic E-state index is 13.0. The van der Waals surface area contributed by atoms with E-state index < -0.39 is 5.92 Å². The molecule has 0 bridgehead atoms. The minimum Gasteiger partial charge on any atom is -0.466 e. The third-order valence-corrected chi connectivity index (χ3v) is 7.38. The first kappa shape index (κ1) is 28.1. The van der Waals surface area contributed by atoms with Crippen molar-refractivity contribution in [2.45, 2.75) is 71.8 Å². The second-order valence-electron chi connectivity index (χ2n) is 9.13. The Morgan fingerprint density at radius 3 is 2.62 bits per heavy atom. The fraction of sp³-hybridized carbons (Fsp3) is 0.692. The fourth-order valence-electron chi connectivity index (χ4n) is 4.13. The van der Waals surface area contributed by atoms with Crippen molar-refractivity contribution in [3.05, 3.63) is 30.1 Å². The van der Waals surface area contributed by atoms with E-state index in [1.807, 2.05) is 4.90 Å². The van der Waals surface area contributed by atoms with Gasteiger partial charge in [0.25, 0.3) is 0 Å². The quantitative estimate of drug-likeness (QED) is 0.225. The van der Waals surface area contributed by atoms with Gasteiger partial charge in [0.15, 0.2) is 5.78 Å². The van der Waals surface area contributed by atoms with Gasteiger partial charge < -0.3 is 15.0 Å². The second kappa shape index (κ2) is 15.7. The van der Waals surface area contributed by atoms with Crippen molar-refractivity contribution in [3.63, 3.8) is 0 Å². The third-order valence-electron chi connectivity index (χ3n) is 6.27. The molecule has 7 nitrogen and oxygen atoms in total. The van der Waals surface area contributed by atoms with E-state index in [9.17, 15) is 14.4 Å². The number of pyridine rings is 1. The lowest BCUT2D eigenvalue weighted by Gasteiger charge is -2.30. The van der Waals surface area contributed by atoms with E-state index in [4.69, 9.17) is 4.74 Å². The normalized spacial score (nSPS) is 18.7. The zero-order chi connectivity index (χ0) is 24.8. The summed E-state index contributed by atoms with van der Waals surface area (Å²) < 4.78 is 5.08. The van der Waals surface area contributed by atoms with Crippen LogP contribution < -0.4 is 5.32 Å². The standard InChI is InChI=1S/C26H41N3O4S/c1-4-6-14-29(26(32)28-23-11-9-20(3)10-12-23)15-16-34-19-22(17-24(30)33-5-2)25(31)21-8-7-13-27-18-21/h7-8,13,18,20,22-23H,4-6,9-12,14-17,19H2,1-3H3,(H,28,32). The average Bonchev–Trinajstić information content (AvgIpc) is 2.84. The molecule has 1 saturated carbocycles. The Morgan fingerprint density at radius 2 is 1.97 bits per heavy atom. The Kier molecular flexibility index (Phi) is 13.0. The molecule has 2 rings (SSSR count). The molecule has 8 heteroatoms. The van der Waals surface area contributed by atoms with Crippen molar-refractivity contribution in [1.82, 2.24) is 15.2 Å². The van der Waals surface area contributed by atoms with Crippen molar-refractivity contribution in [3.8, 4) is 0 Å². The van der Waals surface area contributed by atoms with E-state index >= 15 is 0 Å². The first-order valence-electron chi connectivity index (χ1n) is 12.7. The monoisotopic (exact) mass is 491 g/mol. The van der Waals surface area contributed by atoms with Crippen LogP contribution in [-0.4, -0.2) is 64.9 Å². The minimum absolute atomic E-state index is 0.0168. The summed E-state index contributed by atoms with van der Waals surface area (Å²) in [6, 6.07) is 3.73. The van der Waals surface area contributed by atoms with Crippen LogP contribution in [0.4, 0.5) is 4.79 Å². The number of hydrogen-bond donors (Lipinski definition) is 1. The number of amides is 2. The molecule has 0 radical (unpaired) electrons. The van der Waals surface area contributed by atoms with Crippen LogP contribution in [0.25, 0.3) is 0 Å². The molecule has 0 saturated heterocycles. The summed E-state index contributed by atoms with van der Waals surface area (Å²) >= 11 is 1.60. The molecule has 1 atom stereocenters. The summed E-state index contributed by atoms with van der Waals surface area (Å²) in [6.07, 6.45) is 9.64. The van der Waals surface area contributed by atoms with Crippen LogP contribution in [-0.2, 0) is 9.53 Å². The molecule has 0 aliphatic heterocycles.